The molecule has 3 N–H and O–H groups in total. The Morgan fingerprint density at radius 2 is 2.00 bits per heavy atom. The zero-order valence-corrected chi connectivity index (χ0v) is 14.1. The third-order valence-corrected chi connectivity index (χ3v) is 5.03. The molecular formula is C16H20ClN3OS. The summed E-state index contributed by atoms with van der Waals surface area (Å²) in [7, 11) is 0. The molecule has 0 saturated heterocycles. The molecule has 0 bridgehead atoms. The first kappa shape index (κ1) is 16.9. The summed E-state index contributed by atoms with van der Waals surface area (Å²) >= 11 is 1.49. The van der Waals surface area contributed by atoms with Crippen LogP contribution in [-0.4, -0.2) is 16.4 Å². The molecule has 1 aromatic carbocycles. The number of thiazole rings is 1. The Labute approximate surface area is 140 Å². The molecule has 3 rings (SSSR count). The van der Waals surface area contributed by atoms with Crippen molar-refractivity contribution in [2.45, 2.75) is 38.1 Å². The van der Waals surface area contributed by atoms with Crippen molar-refractivity contribution in [2.75, 3.05) is 5.32 Å². The zero-order valence-electron chi connectivity index (χ0n) is 12.5. The summed E-state index contributed by atoms with van der Waals surface area (Å²) in [4.78, 5) is 17.6. The second-order valence-electron chi connectivity index (χ2n) is 5.66. The average Bonchev–Trinajstić information content (AvgIpc) is 3.09. The second kappa shape index (κ2) is 6.77. The molecule has 1 saturated carbocycles. The maximum atomic E-state index is 12.3. The summed E-state index contributed by atoms with van der Waals surface area (Å²) < 4.78 is 0. The van der Waals surface area contributed by atoms with Gasteiger partial charge >= 0.3 is 0 Å². The van der Waals surface area contributed by atoms with Crippen LogP contribution >= 0.6 is 23.7 Å². The number of carbonyl (C=O) groups excluding carboxylic acids is 1. The number of nitrogens with two attached hydrogens (primary N) is 1. The van der Waals surface area contributed by atoms with Crippen molar-refractivity contribution in [3.8, 4) is 10.4 Å². The van der Waals surface area contributed by atoms with Gasteiger partial charge < -0.3 is 11.1 Å². The molecule has 6 heteroatoms. The van der Waals surface area contributed by atoms with Crippen molar-refractivity contribution >= 4 is 34.8 Å². The Morgan fingerprint density at radius 3 is 2.68 bits per heavy atom. The summed E-state index contributed by atoms with van der Waals surface area (Å²) in [6.07, 6.45) is 5.37. The fraction of sp³-hybridized carbons (Fsp3) is 0.375. The van der Waals surface area contributed by atoms with Gasteiger partial charge in [-0.25, -0.2) is 4.98 Å². The van der Waals surface area contributed by atoms with Crippen LogP contribution in [0.25, 0.3) is 10.4 Å². The Balaban J connectivity index is 0.00000176. The predicted octanol–water partition coefficient (Wildman–Crippen LogP) is 3.75. The van der Waals surface area contributed by atoms with Gasteiger partial charge in [0.1, 0.15) is 0 Å². The first-order valence-corrected chi connectivity index (χ1v) is 8.02. The van der Waals surface area contributed by atoms with Crippen molar-refractivity contribution in [1.29, 1.82) is 0 Å². The molecule has 118 valence electrons. The molecule has 1 aliphatic rings. The highest BCUT2D eigenvalue weighted by atomic mass is 35.5. The van der Waals surface area contributed by atoms with Crippen LogP contribution in [0, 0.1) is 6.92 Å². The van der Waals surface area contributed by atoms with Gasteiger partial charge in [-0.15, -0.1) is 12.4 Å². The van der Waals surface area contributed by atoms with E-state index in [1.807, 2.05) is 12.1 Å². The molecule has 4 nitrogen and oxygen atoms in total. The number of aryl methyl sites for hydroxylation is 1. The van der Waals surface area contributed by atoms with E-state index in [2.05, 4.69) is 29.4 Å². The standard InChI is InChI=1S/C16H19N3OS.ClH/c1-11-6-2-3-7-12(11)13-10-18-15(21-13)19-14(20)16(17)8-4-5-9-16;/h2-3,6-7,10H,4-5,8-9,17H2,1H3,(H,18,19,20);1H. The third-order valence-electron chi connectivity index (χ3n) is 4.08. The molecule has 1 amide bonds. The first-order valence-electron chi connectivity index (χ1n) is 7.21. The van der Waals surface area contributed by atoms with Gasteiger partial charge in [-0.3, -0.25) is 4.79 Å². The summed E-state index contributed by atoms with van der Waals surface area (Å²) in [6.45, 7) is 2.07. The molecule has 1 aliphatic carbocycles. The van der Waals surface area contributed by atoms with Gasteiger partial charge in [-0.1, -0.05) is 48.4 Å². The van der Waals surface area contributed by atoms with Crippen LogP contribution in [0.1, 0.15) is 31.2 Å². The van der Waals surface area contributed by atoms with Crippen molar-refractivity contribution in [1.82, 2.24) is 4.98 Å². The minimum atomic E-state index is -0.714. The number of aromatic nitrogens is 1. The summed E-state index contributed by atoms with van der Waals surface area (Å²) in [5, 5.41) is 3.50. The lowest BCUT2D eigenvalue weighted by molar-refractivity contribution is -0.121. The summed E-state index contributed by atoms with van der Waals surface area (Å²) in [6, 6.07) is 8.16. The second-order valence-corrected chi connectivity index (χ2v) is 6.69. The molecule has 0 unspecified atom stereocenters. The molecule has 0 spiro atoms. The van der Waals surface area contributed by atoms with E-state index in [0.29, 0.717) is 5.13 Å². The number of nitrogens with zero attached hydrogens (tertiary/aromatic N) is 1. The number of halogens is 1. The van der Waals surface area contributed by atoms with Crippen LogP contribution < -0.4 is 11.1 Å². The van der Waals surface area contributed by atoms with Crippen LogP contribution in [0.4, 0.5) is 5.13 Å². The van der Waals surface area contributed by atoms with Crippen molar-refractivity contribution < 1.29 is 4.79 Å². The number of nitrogens with one attached hydrogen (secondary N) is 1. The predicted molar refractivity (Wildman–Crippen MR) is 93.6 cm³/mol. The molecule has 0 atom stereocenters. The van der Waals surface area contributed by atoms with Gasteiger partial charge in [-0.2, -0.15) is 0 Å². The number of carbonyl (C=O) groups is 1. The lowest BCUT2D eigenvalue weighted by Crippen LogP contribution is -2.48. The number of rotatable bonds is 3. The highest BCUT2D eigenvalue weighted by Gasteiger charge is 2.37. The maximum absolute atomic E-state index is 12.3. The number of anilines is 1. The maximum Gasteiger partial charge on any atom is 0.246 e. The SMILES string of the molecule is Cc1ccccc1-c1cnc(NC(=O)C2(N)CCCC2)s1.Cl. The Bertz CT molecular complexity index is 665. The minimum absolute atomic E-state index is 0. The zero-order chi connectivity index (χ0) is 14.9. The summed E-state index contributed by atoms with van der Waals surface area (Å²) in [5.41, 5.74) is 7.79. The third kappa shape index (κ3) is 3.32. The van der Waals surface area contributed by atoms with Crippen molar-refractivity contribution in [3.05, 3.63) is 36.0 Å². The Kier molecular flexibility index (Phi) is 5.21. The first-order chi connectivity index (χ1) is 10.1. The lowest BCUT2D eigenvalue weighted by atomic mass is 9.98. The lowest BCUT2D eigenvalue weighted by Gasteiger charge is -2.21. The molecule has 0 aliphatic heterocycles. The average molecular weight is 338 g/mol. The monoisotopic (exact) mass is 337 g/mol. The van der Waals surface area contributed by atoms with Gasteiger partial charge in [0.25, 0.3) is 0 Å². The molecule has 1 fully saturated rings. The Morgan fingerprint density at radius 1 is 1.32 bits per heavy atom. The van der Waals surface area contributed by atoms with E-state index in [0.717, 1.165) is 36.1 Å². The van der Waals surface area contributed by atoms with Gasteiger partial charge in [0.15, 0.2) is 5.13 Å². The fourth-order valence-electron chi connectivity index (χ4n) is 2.76. The van der Waals surface area contributed by atoms with E-state index >= 15 is 0 Å². The molecule has 22 heavy (non-hydrogen) atoms. The van der Waals surface area contributed by atoms with E-state index in [-0.39, 0.29) is 18.3 Å². The number of hydrogen-bond donors (Lipinski definition) is 2. The van der Waals surface area contributed by atoms with Gasteiger partial charge in [0.05, 0.1) is 10.4 Å². The molecule has 0 radical (unpaired) electrons. The fourth-order valence-corrected chi connectivity index (χ4v) is 3.66. The van der Waals surface area contributed by atoms with Crippen LogP contribution in [0.3, 0.4) is 0 Å². The molecule has 1 aromatic heterocycles. The van der Waals surface area contributed by atoms with E-state index in [9.17, 15) is 4.79 Å². The van der Waals surface area contributed by atoms with Crippen LogP contribution in [-0.2, 0) is 4.79 Å². The van der Waals surface area contributed by atoms with E-state index in [1.54, 1.807) is 6.20 Å². The van der Waals surface area contributed by atoms with Gasteiger partial charge in [0.2, 0.25) is 5.91 Å². The molecule has 2 aromatic rings. The van der Waals surface area contributed by atoms with Crippen molar-refractivity contribution in [2.24, 2.45) is 5.73 Å². The molecular weight excluding hydrogens is 318 g/mol. The summed E-state index contributed by atoms with van der Waals surface area (Å²) in [5.74, 6) is -0.106. The topological polar surface area (TPSA) is 68.0 Å². The number of amides is 1. The largest absolute Gasteiger partial charge is 0.317 e. The normalized spacial score (nSPS) is 16.1. The highest BCUT2D eigenvalue weighted by molar-refractivity contribution is 7.19. The van der Waals surface area contributed by atoms with Gasteiger partial charge in [0, 0.05) is 6.20 Å². The van der Waals surface area contributed by atoms with E-state index < -0.39 is 5.54 Å². The van der Waals surface area contributed by atoms with Crippen LogP contribution in [0.2, 0.25) is 0 Å². The Hall–Kier alpha value is -1.43. The van der Waals surface area contributed by atoms with E-state index in [1.165, 1.54) is 16.9 Å². The number of benzene rings is 1. The van der Waals surface area contributed by atoms with Gasteiger partial charge in [-0.05, 0) is 30.9 Å². The van der Waals surface area contributed by atoms with Crippen LogP contribution in [0.15, 0.2) is 30.5 Å². The highest BCUT2D eigenvalue weighted by Crippen LogP contribution is 2.33. The van der Waals surface area contributed by atoms with Crippen molar-refractivity contribution in [3.63, 3.8) is 0 Å². The minimum Gasteiger partial charge on any atom is -0.317 e. The number of hydrogen-bond acceptors (Lipinski definition) is 4. The molecule has 1 heterocycles. The smallest absolute Gasteiger partial charge is 0.246 e. The quantitative estimate of drug-likeness (QED) is 0.896. The van der Waals surface area contributed by atoms with E-state index in [4.69, 9.17) is 5.73 Å². The van der Waals surface area contributed by atoms with Crippen LogP contribution in [0.5, 0.6) is 0 Å².